The maximum absolute atomic E-state index is 14.5. The van der Waals surface area contributed by atoms with Crippen LogP contribution < -0.4 is 31.3 Å². The first-order chi connectivity index (χ1) is 40.1. The lowest BCUT2D eigenvalue weighted by Crippen LogP contribution is -2.64. The molecule has 4 heterocycles. The zero-order valence-electron chi connectivity index (χ0n) is 47.7. The van der Waals surface area contributed by atoms with Gasteiger partial charge in [0, 0.05) is 50.4 Å². The van der Waals surface area contributed by atoms with Gasteiger partial charge in [-0.2, -0.15) is 0 Å². The Bertz CT molecular complexity index is 2760. The van der Waals surface area contributed by atoms with E-state index in [1.165, 1.54) is 88.3 Å². The van der Waals surface area contributed by atoms with Crippen molar-refractivity contribution < 1.29 is 79.2 Å². The first-order valence-corrected chi connectivity index (χ1v) is 29.3. The van der Waals surface area contributed by atoms with Crippen molar-refractivity contribution in [3.05, 3.63) is 83.9 Å². The van der Waals surface area contributed by atoms with E-state index in [9.17, 15) is 74.4 Å². The highest BCUT2D eigenvalue weighted by atomic mass is 16.5. The van der Waals surface area contributed by atoms with Gasteiger partial charge in [0.05, 0.1) is 30.5 Å². The van der Waals surface area contributed by atoms with Crippen LogP contribution in [0, 0.1) is 17.8 Å². The number of ether oxygens (including phenoxy) is 1. The summed E-state index contributed by atoms with van der Waals surface area (Å²) in [5.74, 6) is -6.37. The van der Waals surface area contributed by atoms with Crippen LogP contribution in [0.1, 0.15) is 94.5 Å². The molecule has 13 N–H and O–H groups in total. The summed E-state index contributed by atoms with van der Waals surface area (Å²) < 4.78 is 6.11. The van der Waals surface area contributed by atoms with Crippen molar-refractivity contribution in [2.45, 2.75) is 164 Å². The number of amides is 7. The van der Waals surface area contributed by atoms with Crippen LogP contribution in [-0.2, 0) is 35.2 Å². The van der Waals surface area contributed by atoms with Crippen LogP contribution >= 0.6 is 0 Å². The predicted octanol–water partition coefficient (Wildman–Crippen LogP) is -0.983. The van der Waals surface area contributed by atoms with Gasteiger partial charge in [0.15, 0.2) is 6.23 Å². The number of carbonyl (C=O) groups is 7. The van der Waals surface area contributed by atoms with Crippen LogP contribution in [0.4, 0.5) is 0 Å². The number of hydrogen-bond donors (Lipinski definition) is 13. The minimum absolute atomic E-state index is 0.0344. The average molecular weight is 1170 g/mol. The zero-order valence-corrected chi connectivity index (χ0v) is 47.7. The second kappa shape index (κ2) is 28.4. The number of nitrogens with one attached hydrogen (secondary N) is 5. The summed E-state index contributed by atoms with van der Waals surface area (Å²) in [5.41, 5.74) is 1.94. The van der Waals surface area contributed by atoms with Gasteiger partial charge < -0.3 is 82.0 Å². The fraction of sp³-hybridized carbons (Fsp3) is 0.583. The molecule has 1 saturated carbocycles. The van der Waals surface area contributed by atoms with E-state index in [1.807, 2.05) is 24.3 Å². The maximum atomic E-state index is 14.5. The van der Waals surface area contributed by atoms with Gasteiger partial charge in [0.2, 0.25) is 35.4 Å². The largest absolute Gasteiger partial charge is 0.508 e. The molecule has 14 atom stereocenters. The van der Waals surface area contributed by atoms with Crippen molar-refractivity contribution in [2.24, 2.45) is 17.8 Å². The Kier molecular flexibility index (Phi) is 21.4. The lowest BCUT2D eigenvalue weighted by atomic mass is 9.76. The van der Waals surface area contributed by atoms with Crippen molar-refractivity contribution in [3.63, 3.8) is 0 Å². The van der Waals surface area contributed by atoms with E-state index in [0.717, 1.165) is 66.2 Å². The van der Waals surface area contributed by atoms with Gasteiger partial charge >= 0.3 is 0 Å². The van der Waals surface area contributed by atoms with E-state index < -0.39 is 146 Å². The van der Waals surface area contributed by atoms with Crippen LogP contribution in [0.3, 0.4) is 0 Å². The van der Waals surface area contributed by atoms with Gasteiger partial charge in [-0.15, -0.1) is 0 Å². The number of carbonyl (C=O) groups excluding carboxylic acids is 7. The first kappa shape index (κ1) is 63.3. The van der Waals surface area contributed by atoms with Gasteiger partial charge in [-0.3, -0.25) is 38.5 Å². The molecule has 4 aliphatic heterocycles. The molecule has 5 aliphatic rings. The van der Waals surface area contributed by atoms with Crippen LogP contribution in [0.15, 0.2) is 72.8 Å². The number of likely N-dealkylation sites (tertiary alicyclic amines) is 1. The van der Waals surface area contributed by atoms with E-state index >= 15 is 0 Å². The molecule has 24 heteroatoms. The molecule has 24 nitrogen and oxygen atoms in total. The molecule has 4 saturated heterocycles. The normalized spacial score (nSPS) is 29.7. The number of benzene rings is 3. The molecule has 0 radical (unpaired) electrons. The summed E-state index contributed by atoms with van der Waals surface area (Å²) in [7, 11) is 0. The standard InChI is InChI=1S/C60H82N8O16/c1-32-30-68-51(52(32)75)58(81)65-56(79)47(74)29-44(61-53(76)40-13-11-37(12-14-40)38-15-19-43(20-16-38)84-26-25-66-23-21-39(22-24-66)36-7-5-4-6-8-36)54(77)62-48(33(2)69)59(82)67-31-42(72)28-45(67)55(78)64-50(57(80)63-49(34(3)70)60(68)83)46(73)27-35-9-17-41(71)18-10-35/h9-20,32-34,36,39,42,44-52,56,69-75,79H,4-8,21-31H2,1-3H3,(H,61,76)(H,62,77)(H,63,80)(H,64,78)(H,65,81). The molecule has 0 bridgehead atoms. The highest BCUT2D eigenvalue weighted by Gasteiger charge is 2.50. The lowest BCUT2D eigenvalue weighted by molar-refractivity contribution is -0.148. The topological polar surface area (TPSA) is 360 Å². The number of piperidine rings is 1. The van der Waals surface area contributed by atoms with E-state index in [4.69, 9.17) is 4.74 Å². The van der Waals surface area contributed by atoms with Gasteiger partial charge in [-0.25, -0.2) is 0 Å². The number of aliphatic hydroxyl groups excluding tert-OH is 7. The number of rotatable bonds is 13. The lowest BCUT2D eigenvalue weighted by Gasteiger charge is -2.37. The van der Waals surface area contributed by atoms with Gasteiger partial charge in [0.25, 0.3) is 5.91 Å². The minimum atomic E-state index is -2.26. The predicted molar refractivity (Wildman–Crippen MR) is 303 cm³/mol. The van der Waals surface area contributed by atoms with E-state index in [0.29, 0.717) is 17.9 Å². The first-order valence-electron chi connectivity index (χ1n) is 29.3. The smallest absolute Gasteiger partial charge is 0.251 e. The highest BCUT2D eigenvalue weighted by Crippen LogP contribution is 2.36. The third-order valence-electron chi connectivity index (χ3n) is 17.3. The molecule has 3 aromatic rings. The number of aromatic hydroxyl groups is 1. The Morgan fingerprint density at radius 1 is 0.655 bits per heavy atom. The second-order valence-corrected chi connectivity index (χ2v) is 23.5. The van der Waals surface area contributed by atoms with Crippen LogP contribution in [-0.4, -0.2) is 215 Å². The van der Waals surface area contributed by atoms with Gasteiger partial charge in [0.1, 0.15) is 60.5 Å². The van der Waals surface area contributed by atoms with Gasteiger partial charge in [-0.1, -0.05) is 75.4 Å². The fourth-order valence-corrected chi connectivity index (χ4v) is 12.3. The Morgan fingerprint density at radius 2 is 1.23 bits per heavy atom. The molecular weight excluding hydrogens is 1090 g/mol. The minimum Gasteiger partial charge on any atom is -0.508 e. The zero-order chi connectivity index (χ0) is 60.5. The molecule has 458 valence electrons. The van der Waals surface area contributed by atoms with E-state index in [1.54, 1.807) is 12.1 Å². The van der Waals surface area contributed by atoms with Crippen molar-refractivity contribution in [3.8, 4) is 22.6 Å². The van der Waals surface area contributed by atoms with Crippen molar-refractivity contribution in [2.75, 3.05) is 39.3 Å². The second-order valence-electron chi connectivity index (χ2n) is 23.5. The molecule has 1 aliphatic carbocycles. The molecule has 84 heavy (non-hydrogen) atoms. The van der Waals surface area contributed by atoms with Crippen LogP contribution in [0.5, 0.6) is 11.5 Å². The molecule has 5 fully saturated rings. The average Bonchev–Trinajstić information content (AvgIpc) is 2.56. The van der Waals surface area contributed by atoms with E-state index in [-0.39, 0.29) is 24.3 Å². The Hall–Kier alpha value is -6.77. The number of hydrogen-bond acceptors (Lipinski definition) is 17. The highest BCUT2D eigenvalue weighted by molar-refractivity contribution is 6.00. The summed E-state index contributed by atoms with van der Waals surface area (Å²) in [5, 5.41) is 100. The molecule has 7 amide bonds. The summed E-state index contributed by atoms with van der Waals surface area (Å²) in [6, 6.07) is 8.23. The number of aliphatic hydroxyl groups is 7. The van der Waals surface area contributed by atoms with Crippen molar-refractivity contribution >= 4 is 41.4 Å². The molecule has 8 rings (SSSR count). The fourth-order valence-electron chi connectivity index (χ4n) is 12.3. The summed E-state index contributed by atoms with van der Waals surface area (Å²) in [6.45, 7) is 6.48. The SMILES string of the molecule is CC(O)C1NC(=O)C(NC(=O)c2ccc(-c3ccc(OCCN4CCC(C5CCCCC5)CC4)cc3)cc2)CC(O)C(O)NC(=O)C2C(O)C(C)CN2C(=O)C(C(C)O)NC(=O)C(C(O)Cc2ccc(O)cc2)NC(=O)C2CC(O)CN2C1=O. The van der Waals surface area contributed by atoms with Crippen LogP contribution in [0.2, 0.25) is 0 Å². The summed E-state index contributed by atoms with van der Waals surface area (Å²) in [4.78, 5) is 104. The summed E-state index contributed by atoms with van der Waals surface area (Å²) >= 11 is 0. The van der Waals surface area contributed by atoms with E-state index in [2.05, 4.69) is 31.5 Å². The Balaban J connectivity index is 1.01. The molecule has 3 aromatic carbocycles. The molecule has 14 unspecified atom stereocenters. The third-order valence-corrected chi connectivity index (χ3v) is 17.3. The number of fused-ring (bicyclic) bond motifs is 2. The van der Waals surface area contributed by atoms with Crippen molar-refractivity contribution in [1.29, 1.82) is 0 Å². The maximum Gasteiger partial charge on any atom is 0.251 e. The number of nitrogens with zero attached hydrogens (tertiary/aromatic N) is 3. The summed E-state index contributed by atoms with van der Waals surface area (Å²) in [6.07, 6.45) is -4.95. The number of phenolic OH excluding ortho intramolecular Hbond substituents is 1. The molecule has 0 aromatic heterocycles. The quantitative estimate of drug-likeness (QED) is 0.0978. The Labute approximate surface area is 487 Å². The van der Waals surface area contributed by atoms with Crippen LogP contribution in [0.25, 0.3) is 11.1 Å². The Morgan fingerprint density at radius 3 is 1.85 bits per heavy atom. The monoisotopic (exact) mass is 1170 g/mol. The van der Waals surface area contributed by atoms with Crippen molar-refractivity contribution in [1.82, 2.24) is 41.3 Å². The molecule has 0 spiro atoms. The molecular formula is C60H82N8O16. The van der Waals surface area contributed by atoms with Gasteiger partial charge in [-0.05, 0) is 105 Å². The number of phenols is 1. The third kappa shape index (κ3) is 15.6.